The molecule has 0 amide bonds. The van der Waals surface area contributed by atoms with E-state index >= 15 is 0 Å². The minimum Gasteiger partial charge on any atom is -0.309 e. The maximum Gasteiger partial charge on any atom is 0.0711 e. The molecule has 0 saturated heterocycles. The molecule has 0 unspecified atom stereocenters. The second kappa shape index (κ2) is 14.5. The highest BCUT2D eigenvalue weighted by molar-refractivity contribution is 7.30. The van der Waals surface area contributed by atoms with Gasteiger partial charge in [0.25, 0.3) is 0 Å². The zero-order valence-corrected chi connectivity index (χ0v) is 38.2. The predicted molar refractivity (Wildman–Crippen MR) is 290 cm³/mol. The summed E-state index contributed by atoms with van der Waals surface area (Å²) < 4.78 is 12.4. The van der Waals surface area contributed by atoms with Crippen LogP contribution in [0.25, 0.3) is 129 Å². The average Bonchev–Trinajstić information content (AvgIpc) is 4.25. The lowest BCUT2D eigenvalue weighted by Crippen LogP contribution is -1.96. The number of aromatic nitrogens is 4. The first-order valence-corrected chi connectivity index (χ1v) is 24.7. The van der Waals surface area contributed by atoms with Crippen molar-refractivity contribution in [2.75, 3.05) is 0 Å². The molecule has 0 saturated carbocycles. The summed E-state index contributed by atoms with van der Waals surface area (Å²) in [5.41, 5.74) is 16.8. The second-order valence-corrected chi connectivity index (χ2v) is 19.8. The molecule has 68 heavy (non-hydrogen) atoms. The van der Waals surface area contributed by atoms with E-state index in [1.54, 1.807) is 0 Å². The van der Waals surface area contributed by atoms with Crippen LogP contribution in [-0.2, 0) is 0 Å². The molecule has 6 heteroatoms. The number of rotatable bonds is 6. The van der Waals surface area contributed by atoms with Gasteiger partial charge in [0.1, 0.15) is 0 Å². The molecular weight excluding hydrogens is 865 g/mol. The van der Waals surface area contributed by atoms with Crippen molar-refractivity contribution in [1.29, 1.82) is 0 Å². The Hall–Kier alpha value is -8.42. The lowest BCUT2D eigenvalue weighted by molar-refractivity contribution is 1.16. The number of nitrogens with zero attached hydrogens (tertiary/aromatic N) is 4. The van der Waals surface area contributed by atoms with Crippen molar-refractivity contribution < 1.29 is 0 Å². The molecule has 15 aromatic rings. The molecule has 6 aromatic heterocycles. The summed E-state index contributed by atoms with van der Waals surface area (Å²) in [4.78, 5) is 2.50. The van der Waals surface area contributed by atoms with Crippen molar-refractivity contribution in [3.63, 3.8) is 0 Å². The molecular formula is C62H38N4S2. The third-order valence-electron chi connectivity index (χ3n) is 14.0. The molecule has 0 aliphatic heterocycles. The third kappa shape index (κ3) is 5.47. The van der Waals surface area contributed by atoms with E-state index in [1.165, 1.54) is 107 Å². The average molecular weight is 903 g/mol. The molecule has 4 nitrogen and oxygen atoms in total. The van der Waals surface area contributed by atoms with Crippen LogP contribution in [0.5, 0.6) is 0 Å². The fraction of sp³-hybridized carbons (Fsp3) is 0. The van der Waals surface area contributed by atoms with E-state index in [-0.39, 0.29) is 0 Å². The largest absolute Gasteiger partial charge is 0.309 e. The van der Waals surface area contributed by atoms with Crippen LogP contribution in [0.3, 0.4) is 0 Å². The Labute approximate surface area is 398 Å². The third-order valence-corrected chi connectivity index (χ3v) is 16.5. The Kier molecular flexibility index (Phi) is 8.07. The predicted octanol–water partition coefficient (Wildman–Crippen LogP) is 17.5. The van der Waals surface area contributed by atoms with Crippen LogP contribution in [0.2, 0.25) is 0 Å². The highest BCUT2D eigenvalue weighted by Crippen LogP contribution is 2.48. The Bertz CT molecular complexity index is 4270. The summed E-state index contributed by atoms with van der Waals surface area (Å²) in [5.74, 6) is 0. The fourth-order valence-electron chi connectivity index (χ4n) is 11.0. The Balaban J connectivity index is 0.976. The molecule has 318 valence electrons. The summed E-state index contributed by atoms with van der Waals surface area (Å²) in [5, 5.41) is 7.54. The van der Waals surface area contributed by atoms with Crippen molar-refractivity contribution in [1.82, 2.24) is 18.3 Å². The normalized spacial score (nSPS) is 12.1. The smallest absolute Gasteiger partial charge is 0.0711 e. The van der Waals surface area contributed by atoms with E-state index in [1.807, 2.05) is 22.7 Å². The van der Waals surface area contributed by atoms with Gasteiger partial charge in [0, 0.05) is 64.8 Å². The van der Waals surface area contributed by atoms with Crippen molar-refractivity contribution in [2.45, 2.75) is 0 Å². The summed E-state index contributed by atoms with van der Waals surface area (Å²) in [6, 6.07) is 84.7. The SMILES string of the molecule is c1ccc(-n2c3ccccc3c3ccc(-c4cc5c(s4)c4sc(-c6ccc7c8ccccc8n(-c8ccccc8)c7c6)cc4n5-c4ccc5c6ccccc6n(-c6ccccc6)c5c4)cc32)cc1. The van der Waals surface area contributed by atoms with Crippen molar-refractivity contribution >= 4 is 109 Å². The van der Waals surface area contributed by atoms with Crippen LogP contribution in [0, 0.1) is 0 Å². The zero-order chi connectivity index (χ0) is 44.5. The molecule has 0 atom stereocenters. The second-order valence-electron chi connectivity index (χ2n) is 17.7. The van der Waals surface area contributed by atoms with E-state index in [9.17, 15) is 0 Å². The van der Waals surface area contributed by atoms with Crippen LogP contribution < -0.4 is 0 Å². The molecule has 0 bridgehead atoms. The number of hydrogen-bond donors (Lipinski definition) is 0. The van der Waals surface area contributed by atoms with Crippen LogP contribution in [-0.4, -0.2) is 18.3 Å². The monoisotopic (exact) mass is 902 g/mol. The van der Waals surface area contributed by atoms with Gasteiger partial charge in [-0.2, -0.15) is 0 Å². The van der Waals surface area contributed by atoms with Crippen molar-refractivity contribution in [2.24, 2.45) is 0 Å². The molecule has 0 aliphatic rings. The first kappa shape index (κ1) is 37.8. The zero-order valence-electron chi connectivity index (χ0n) is 36.5. The molecule has 0 aliphatic carbocycles. The van der Waals surface area contributed by atoms with Gasteiger partial charge in [0.2, 0.25) is 0 Å². The summed E-state index contributed by atoms with van der Waals surface area (Å²) in [6.07, 6.45) is 0. The Morgan fingerprint density at radius 1 is 0.221 bits per heavy atom. The number of para-hydroxylation sites is 6. The Morgan fingerprint density at radius 2 is 0.544 bits per heavy atom. The molecule has 0 radical (unpaired) electrons. The molecule has 0 N–H and O–H groups in total. The van der Waals surface area contributed by atoms with Gasteiger partial charge in [-0.1, -0.05) is 140 Å². The van der Waals surface area contributed by atoms with Gasteiger partial charge in [-0.05, 0) is 102 Å². The van der Waals surface area contributed by atoms with Gasteiger partial charge >= 0.3 is 0 Å². The molecule has 0 fully saturated rings. The van der Waals surface area contributed by atoms with Gasteiger partial charge in [0.05, 0.1) is 53.5 Å². The topological polar surface area (TPSA) is 19.7 Å². The minimum atomic E-state index is 1.14. The summed E-state index contributed by atoms with van der Waals surface area (Å²) >= 11 is 3.81. The number of thiophene rings is 2. The standard InChI is InChI=1S/C62H38N4S2/c1-4-16-41(17-5-1)63-51-25-13-10-22-45(51)48-31-28-39(34-54(48)63)59-37-57-61(67-59)62-58(66(57)44-30-33-50-47-24-12-15-27-53(47)65(56(50)36-44)43-20-8-3-9-21-43)38-60(68-62)40-29-32-49-46-23-11-14-26-52(46)64(55(49)35-40)42-18-6-2-7-19-42/h1-38H. The molecule has 6 heterocycles. The highest BCUT2D eigenvalue weighted by atomic mass is 32.1. The van der Waals surface area contributed by atoms with E-state index < -0.39 is 0 Å². The van der Waals surface area contributed by atoms with Gasteiger partial charge < -0.3 is 18.3 Å². The van der Waals surface area contributed by atoms with Crippen molar-refractivity contribution in [3.8, 4) is 43.6 Å². The van der Waals surface area contributed by atoms with Crippen LogP contribution in [0.4, 0.5) is 0 Å². The summed E-state index contributed by atoms with van der Waals surface area (Å²) in [6.45, 7) is 0. The minimum absolute atomic E-state index is 1.14. The van der Waals surface area contributed by atoms with E-state index in [0.29, 0.717) is 0 Å². The highest BCUT2D eigenvalue weighted by Gasteiger charge is 2.23. The number of benzene rings is 9. The number of hydrogen-bond acceptors (Lipinski definition) is 2. The molecule has 9 aromatic carbocycles. The van der Waals surface area contributed by atoms with Gasteiger partial charge in [-0.15, -0.1) is 22.7 Å². The first-order chi connectivity index (χ1) is 33.7. The van der Waals surface area contributed by atoms with Crippen LogP contribution in [0.1, 0.15) is 0 Å². The lowest BCUT2D eigenvalue weighted by atomic mass is 10.1. The van der Waals surface area contributed by atoms with Crippen LogP contribution in [0.15, 0.2) is 231 Å². The van der Waals surface area contributed by atoms with Crippen molar-refractivity contribution in [3.05, 3.63) is 231 Å². The van der Waals surface area contributed by atoms with E-state index in [0.717, 1.165) is 22.7 Å². The van der Waals surface area contributed by atoms with Gasteiger partial charge in [-0.25, -0.2) is 0 Å². The van der Waals surface area contributed by atoms with Gasteiger partial charge in [0.15, 0.2) is 0 Å². The maximum atomic E-state index is 2.52. The fourth-order valence-corrected chi connectivity index (χ4v) is 13.4. The molecule has 0 spiro atoms. The Morgan fingerprint density at radius 3 is 0.956 bits per heavy atom. The van der Waals surface area contributed by atoms with E-state index in [2.05, 4.69) is 249 Å². The quantitative estimate of drug-likeness (QED) is 0.158. The molecule has 15 rings (SSSR count). The maximum absolute atomic E-state index is 2.52. The van der Waals surface area contributed by atoms with Gasteiger partial charge in [-0.3, -0.25) is 0 Å². The first-order valence-electron chi connectivity index (χ1n) is 23.1. The lowest BCUT2D eigenvalue weighted by Gasteiger charge is -2.10. The number of fused-ring (bicyclic) bond motifs is 12. The summed E-state index contributed by atoms with van der Waals surface area (Å²) in [7, 11) is 0. The van der Waals surface area contributed by atoms with Crippen LogP contribution >= 0.6 is 22.7 Å². The van der Waals surface area contributed by atoms with E-state index in [4.69, 9.17) is 0 Å².